The van der Waals surface area contributed by atoms with Gasteiger partial charge in [-0.3, -0.25) is 0 Å². The summed E-state index contributed by atoms with van der Waals surface area (Å²) in [5, 5.41) is 5.17. The fourth-order valence-electron chi connectivity index (χ4n) is 3.80. The van der Waals surface area contributed by atoms with Crippen molar-refractivity contribution in [2.75, 3.05) is 5.32 Å². The summed E-state index contributed by atoms with van der Waals surface area (Å²) in [7, 11) is 0. The fourth-order valence-corrected chi connectivity index (χ4v) is 3.80. The van der Waals surface area contributed by atoms with E-state index >= 15 is 0 Å². The van der Waals surface area contributed by atoms with Gasteiger partial charge in [0.25, 0.3) is 0 Å². The summed E-state index contributed by atoms with van der Waals surface area (Å²) in [5.74, 6) is 0. The molecule has 112 valence electrons. The molecule has 0 amide bonds. The van der Waals surface area contributed by atoms with Gasteiger partial charge in [-0.15, -0.1) is 0 Å². The third-order valence-electron chi connectivity index (χ3n) is 4.90. The van der Waals surface area contributed by atoms with Crippen molar-refractivity contribution in [1.82, 2.24) is 4.98 Å². The highest BCUT2D eigenvalue weighted by Crippen LogP contribution is 2.48. The van der Waals surface area contributed by atoms with Crippen LogP contribution in [0.2, 0.25) is 0 Å². The van der Waals surface area contributed by atoms with Gasteiger partial charge in [0, 0.05) is 27.7 Å². The average Bonchev–Trinajstić information content (AvgIpc) is 2.94. The maximum absolute atomic E-state index is 3.82. The molecule has 1 aromatic heterocycles. The van der Waals surface area contributed by atoms with Gasteiger partial charge in [0.2, 0.25) is 0 Å². The summed E-state index contributed by atoms with van der Waals surface area (Å²) in [4.78, 5) is 3.66. The van der Waals surface area contributed by atoms with E-state index in [1.54, 1.807) is 0 Å². The van der Waals surface area contributed by atoms with Gasteiger partial charge in [0.15, 0.2) is 0 Å². The number of unbranched alkanes of at least 4 members (excludes halogenated alkanes) is 1. The minimum Gasteiger partial charge on any atom is -0.375 e. The first-order chi connectivity index (χ1) is 10.7. The van der Waals surface area contributed by atoms with Crippen molar-refractivity contribution in [2.45, 2.75) is 38.6 Å². The van der Waals surface area contributed by atoms with Crippen LogP contribution >= 0.6 is 0 Å². The molecule has 4 rings (SSSR count). The van der Waals surface area contributed by atoms with Gasteiger partial charge < -0.3 is 10.3 Å². The molecule has 3 aromatic rings. The third kappa shape index (κ3) is 1.87. The molecule has 0 bridgehead atoms. The molecular weight excluding hydrogens is 268 g/mol. The Morgan fingerprint density at radius 2 is 1.77 bits per heavy atom. The van der Waals surface area contributed by atoms with E-state index in [2.05, 4.69) is 72.7 Å². The Morgan fingerprint density at radius 3 is 2.64 bits per heavy atom. The van der Waals surface area contributed by atoms with Crippen LogP contribution in [0.5, 0.6) is 0 Å². The number of fused-ring (bicyclic) bond motifs is 5. The molecule has 2 heterocycles. The minimum absolute atomic E-state index is 0.0146. The highest BCUT2D eigenvalue weighted by atomic mass is 15.0. The first-order valence-corrected chi connectivity index (χ1v) is 8.22. The van der Waals surface area contributed by atoms with E-state index in [4.69, 9.17) is 0 Å². The number of aromatic amines is 1. The molecule has 0 aliphatic carbocycles. The number of H-pyrrole nitrogens is 1. The smallest absolute Gasteiger partial charge is 0.0624 e. The molecule has 2 nitrogen and oxygen atoms in total. The van der Waals surface area contributed by atoms with Crippen LogP contribution in [0, 0.1) is 0 Å². The number of hydrogen-bond acceptors (Lipinski definition) is 1. The summed E-state index contributed by atoms with van der Waals surface area (Å²) in [5.41, 5.74) is 6.44. The van der Waals surface area contributed by atoms with Gasteiger partial charge in [-0.25, -0.2) is 0 Å². The van der Waals surface area contributed by atoms with Crippen LogP contribution in [0.3, 0.4) is 0 Å². The molecular formula is C20H22N2. The van der Waals surface area contributed by atoms with Crippen LogP contribution < -0.4 is 5.32 Å². The lowest BCUT2D eigenvalue weighted by Crippen LogP contribution is -2.35. The molecule has 2 heteroatoms. The molecule has 0 fully saturated rings. The first kappa shape index (κ1) is 13.4. The Labute approximate surface area is 131 Å². The van der Waals surface area contributed by atoms with E-state index in [1.807, 2.05) is 0 Å². The van der Waals surface area contributed by atoms with E-state index in [-0.39, 0.29) is 5.54 Å². The van der Waals surface area contributed by atoms with Crippen LogP contribution in [0.15, 0.2) is 48.5 Å². The number of rotatable bonds is 3. The molecule has 0 spiro atoms. The second kappa shape index (κ2) is 4.91. The Hall–Kier alpha value is -2.22. The van der Waals surface area contributed by atoms with Crippen LogP contribution in [0.25, 0.3) is 22.2 Å². The Bertz CT molecular complexity index is 831. The second-order valence-electron chi connectivity index (χ2n) is 6.53. The summed E-state index contributed by atoms with van der Waals surface area (Å²) in [6, 6.07) is 17.3. The Balaban J connectivity index is 2.01. The van der Waals surface area contributed by atoms with Gasteiger partial charge >= 0.3 is 0 Å². The molecule has 1 atom stereocenters. The molecule has 0 saturated heterocycles. The second-order valence-corrected chi connectivity index (χ2v) is 6.53. The summed E-state index contributed by atoms with van der Waals surface area (Å²) in [6.07, 6.45) is 3.59. The van der Waals surface area contributed by atoms with Crippen molar-refractivity contribution in [3.05, 3.63) is 54.1 Å². The number of aromatic nitrogens is 1. The van der Waals surface area contributed by atoms with Crippen molar-refractivity contribution < 1.29 is 0 Å². The largest absolute Gasteiger partial charge is 0.375 e. The van der Waals surface area contributed by atoms with Crippen molar-refractivity contribution in [3.63, 3.8) is 0 Å². The quantitative estimate of drug-likeness (QED) is 0.639. The van der Waals surface area contributed by atoms with Crippen molar-refractivity contribution in [1.29, 1.82) is 0 Å². The minimum atomic E-state index is -0.0146. The maximum atomic E-state index is 3.82. The van der Waals surface area contributed by atoms with E-state index in [0.29, 0.717) is 0 Å². The molecule has 2 N–H and O–H groups in total. The Morgan fingerprint density at radius 1 is 1.00 bits per heavy atom. The molecule has 1 unspecified atom stereocenters. The van der Waals surface area contributed by atoms with Gasteiger partial charge in [-0.2, -0.15) is 0 Å². The van der Waals surface area contributed by atoms with E-state index < -0.39 is 0 Å². The average molecular weight is 290 g/mol. The van der Waals surface area contributed by atoms with Crippen molar-refractivity contribution >= 4 is 16.6 Å². The van der Waals surface area contributed by atoms with Gasteiger partial charge in [0.1, 0.15) is 0 Å². The summed E-state index contributed by atoms with van der Waals surface area (Å²) < 4.78 is 0. The van der Waals surface area contributed by atoms with E-state index in [1.165, 1.54) is 46.3 Å². The topological polar surface area (TPSA) is 27.8 Å². The number of nitrogens with one attached hydrogen (secondary N) is 2. The van der Waals surface area contributed by atoms with Gasteiger partial charge in [0.05, 0.1) is 11.2 Å². The van der Waals surface area contributed by atoms with Gasteiger partial charge in [-0.05, 0) is 25.5 Å². The van der Waals surface area contributed by atoms with Crippen molar-refractivity contribution in [2.24, 2.45) is 0 Å². The molecule has 0 radical (unpaired) electrons. The number of hydrogen-bond donors (Lipinski definition) is 2. The SMILES string of the molecule is CCCCC1(C)Nc2ccccc2-c2[nH]c3ccccc3c21. The van der Waals surface area contributed by atoms with Crippen LogP contribution in [0.1, 0.15) is 38.7 Å². The molecule has 1 aliphatic rings. The maximum Gasteiger partial charge on any atom is 0.0624 e. The van der Waals surface area contributed by atoms with E-state index in [0.717, 1.165) is 6.42 Å². The molecule has 2 aromatic carbocycles. The van der Waals surface area contributed by atoms with Gasteiger partial charge in [-0.1, -0.05) is 56.2 Å². The normalized spacial score (nSPS) is 19.5. The van der Waals surface area contributed by atoms with Crippen LogP contribution in [0.4, 0.5) is 5.69 Å². The molecule has 1 aliphatic heterocycles. The zero-order valence-corrected chi connectivity index (χ0v) is 13.2. The highest BCUT2D eigenvalue weighted by Gasteiger charge is 2.36. The molecule has 0 saturated carbocycles. The standard InChI is InChI=1S/C20H22N2/c1-3-4-13-20(2)18-14-9-5-7-11-16(14)21-19(18)15-10-6-8-12-17(15)22-20/h5-12,21-22H,3-4,13H2,1-2H3. The third-order valence-corrected chi connectivity index (χ3v) is 4.90. The zero-order chi connectivity index (χ0) is 15.2. The summed E-state index contributed by atoms with van der Waals surface area (Å²) >= 11 is 0. The highest BCUT2D eigenvalue weighted by molar-refractivity contribution is 5.97. The van der Waals surface area contributed by atoms with Crippen molar-refractivity contribution in [3.8, 4) is 11.3 Å². The fraction of sp³-hybridized carbons (Fsp3) is 0.300. The van der Waals surface area contributed by atoms with Crippen LogP contribution in [-0.2, 0) is 5.54 Å². The summed E-state index contributed by atoms with van der Waals surface area (Å²) in [6.45, 7) is 4.61. The number of para-hydroxylation sites is 2. The predicted molar refractivity (Wildman–Crippen MR) is 94.2 cm³/mol. The zero-order valence-electron chi connectivity index (χ0n) is 13.2. The number of anilines is 1. The van der Waals surface area contributed by atoms with Crippen LogP contribution in [-0.4, -0.2) is 4.98 Å². The predicted octanol–water partition coefficient (Wildman–Crippen LogP) is 5.67. The lowest BCUT2D eigenvalue weighted by Gasteiger charge is -2.38. The molecule has 22 heavy (non-hydrogen) atoms. The first-order valence-electron chi connectivity index (χ1n) is 8.22. The Kier molecular flexibility index (Phi) is 3.00. The monoisotopic (exact) mass is 290 g/mol. The lowest BCUT2D eigenvalue weighted by atomic mass is 9.80. The lowest BCUT2D eigenvalue weighted by molar-refractivity contribution is 0.474. The number of benzene rings is 2. The van der Waals surface area contributed by atoms with E-state index in [9.17, 15) is 0 Å².